The minimum Gasteiger partial charge on any atom is -0.461 e. The highest BCUT2D eigenvalue weighted by Gasteiger charge is 2.27. The van der Waals surface area contributed by atoms with Gasteiger partial charge >= 0.3 is 5.97 Å². The van der Waals surface area contributed by atoms with E-state index in [2.05, 4.69) is 0 Å². The van der Waals surface area contributed by atoms with Crippen molar-refractivity contribution in [2.45, 2.75) is 19.2 Å². The molecule has 0 spiro atoms. The molecule has 0 radical (unpaired) electrons. The number of hydrogen-bond donors (Lipinski definition) is 1. The first-order chi connectivity index (χ1) is 12.3. The van der Waals surface area contributed by atoms with Crippen molar-refractivity contribution in [2.24, 2.45) is 5.84 Å². The second kappa shape index (κ2) is 8.54. The maximum absolute atomic E-state index is 12.4. The molecule has 0 aliphatic rings. The van der Waals surface area contributed by atoms with Gasteiger partial charge in [0.15, 0.2) is 12.4 Å². The van der Waals surface area contributed by atoms with Crippen molar-refractivity contribution >= 4 is 21.9 Å². The van der Waals surface area contributed by atoms with Crippen LogP contribution in [0.25, 0.3) is 0 Å². The van der Waals surface area contributed by atoms with Crippen LogP contribution in [-0.4, -0.2) is 31.3 Å². The van der Waals surface area contributed by atoms with Crippen LogP contribution in [0.15, 0.2) is 54.9 Å². The van der Waals surface area contributed by atoms with Gasteiger partial charge in [0, 0.05) is 6.07 Å². The molecule has 1 aromatic carbocycles. The van der Waals surface area contributed by atoms with E-state index < -0.39 is 27.7 Å². The van der Waals surface area contributed by atoms with Gasteiger partial charge in [0.1, 0.15) is 5.56 Å². The zero-order valence-corrected chi connectivity index (χ0v) is 15.1. The van der Waals surface area contributed by atoms with Crippen molar-refractivity contribution in [1.82, 2.24) is 4.41 Å². The number of hydrogen-bond acceptors (Lipinski definition) is 6. The summed E-state index contributed by atoms with van der Waals surface area (Å²) in [6.07, 6.45) is 2.91. The third kappa shape index (κ3) is 5.11. The predicted octanol–water partition coefficient (Wildman–Crippen LogP) is 0.383. The van der Waals surface area contributed by atoms with Gasteiger partial charge in [-0.1, -0.05) is 30.3 Å². The van der Waals surface area contributed by atoms with Crippen molar-refractivity contribution < 1.29 is 27.3 Å². The number of sulfonamides is 1. The van der Waals surface area contributed by atoms with Crippen molar-refractivity contribution in [1.29, 1.82) is 0 Å². The lowest BCUT2D eigenvalue weighted by atomic mass is 10.2. The van der Waals surface area contributed by atoms with E-state index in [4.69, 9.17) is 10.6 Å². The number of carbonyl (C=O) groups is 2. The van der Waals surface area contributed by atoms with Crippen molar-refractivity contribution in [3.8, 4) is 0 Å². The standard InChI is InChI=1S/C17H20N3O5S/c1-2-25-16(21)12-19-10-6-9-15(11-19)17(22)20(18)26(23,24)13-14-7-4-3-5-8-14/h3-11H,2,12-13,18H2,1H3/q+1. The van der Waals surface area contributed by atoms with Crippen LogP contribution in [0.4, 0.5) is 0 Å². The summed E-state index contributed by atoms with van der Waals surface area (Å²) < 4.78 is 31.2. The Morgan fingerprint density at radius 2 is 1.85 bits per heavy atom. The number of nitrogens with two attached hydrogens (primary N) is 1. The van der Waals surface area contributed by atoms with Gasteiger partial charge in [0.05, 0.1) is 12.4 Å². The molecule has 8 nitrogen and oxygen atoms in total. The fourth-order valence-electron chi connectivity index (χ4n) is 2.21. The average molecular weight is 378 g/mol. The quantitative estimate of drug-likeness (QED) is 0.245. The molecule has 2 rings (SSSR count). The maximum atomic E-state index is 12.4. The van der Waals surface area contributed by atoms with E-state index in [-0.39, 0.29) is 23.1 Å². The lowest BCUT2D eigenvalue weighted by molar-refractivity contribution is -0.686. The SMILES string of the molecule is CCOC(=O)C[n+]1cccc(C(=O)N(N)S(=O)(=O)Cc2ccccc2)c1. The molecule has 0 atom stereocenters. The number of hydrazine groups is 1. The van der Waals surface area contributed by atoms with E-state index in [9.17, 15) is 18.0 Å². The number of carbonyl (C=O) groups excluding carboxylic acids is 2. The van der Waals surface area contributed by atoms with Gasteiger partial charge in [0.2, 0.25) is 6.54 Å². The summed E-state index contributed by atoms with van der Waals surface area (Å²) >= 11 is 0. The Labute approximate surface area is 151 Å². The second-order valence-corrected chi connectivity index (χ2v) is 7.26. The van der Waals surface area contributed by atoms with Crippen LogP contribution in [0, 0.1) is 0 Å². The summed E-state index contributed by atoms with van der Waals surface area (Å²) in [5, 5.41) is 0. The lowest BCUT2D eigenvalue weighted by Gasteiger charge is -2.16. The highest BCUT2D eigenvalue weighted by atomic mass is 32.2. The van der Waals surface area contributed by atoms with E-state index in [0.29, 0.717) is 5.56 Å². The normalized spacial score (nSPS) is 11.0. The molecule has 0 aliphatic heterocycles. The molecule has 0 aliphatic carbocycles. The molecule has 0 saturated carbocycles. The number of ether oxygens (including phenoxy) is 1. The first-order valence-electron chi connectivity index (χ1n) is 7.84. The Bertz CT molecular complexity index is 884. The molecule has 2 aromatic rings. The van der Waals surface area contributed by atoms with Gasteiger partial charge in [-0.15, -0.1) is 0 Å². The Hall–Kier alpha value is -2.78. The summed E-state index contributed by atoms with van der Waals surface area (Å²) in [5.41, 5.74) is 0.553. The van der Waals surface area contributed by atoms with Crippen LogP contribution in [0.2, 0.25) is 0 Å². The van der Waals surface area contributed by atoms with Gasteiger partial charge in [-0.05, 0) is 18.6 Å². The van der Waals surface area contributed by atoms with Crippen molar-refractivity contribution in [2.75, 3.05) is 6.61 Å². The van der Waals surface area contributed by atoms with Crippen molar-refractivity contribution in [3.05, 3.63) is 66.0 Å². The number of rotatable bonds is 7. The molecule has 1 heterocycles. The van der Waals surface area contributed by atoms with Crippen LogP contribution >= 0.6 is 0 Å². The zero-order valence-electron chi connectivity index (χ0n) is 14.2. The molecule has 1 aromatic heterocycles. The minimum atomic E-state index is -4.04. The Morgan fingerprint density at radius 3 is 2.50 bits per heavy atom. The van der Waals surface area contributed by atoms with E-state index in [1.807, 2.05) is 0 Å². The molecule has 0 unspecified atom stereocenters. The Kier molecular flexibility index (Phi) is 6.42. The molecule has 0 saturated heterocycles. The Balaban J connectivity index is 2.15. The van der Waals surface area contributed by atoms with Gasteiger partial charge in [-0.25, -0.2) is 19.1 Å². The fraction of sp³-hybridized carbons (Fsp3) is 0.235. The highest BCUT2D eigenvalue weighted by Crippen LogP contribution is 2.10. The van der Waals surface area contributed by atoms with Crippen LogP contribution in [-0.2, 0) is 31.9 Å². The largest absolute Gasteiger partial charge is 0.461 e. The molecule has 138 valence electrons. The number of nitrogens with zero attached hydrogens (tertiary/aromatic N) is 2. The average Bonchev–Trinajstić information content (AvgIpc) is 2.61. The van der Waals surface area contributed by atoms with Crippen molar-refractivity contribution in [3.63, 3.8) is 0 Å². The van der Waals surface area contributed by atoms with Crippen LogP contribution in [0.3, 0.4) is 0 Å². The molecular formula is C17H20N3O5S+. The number of pyridine rings is 1. The summed E-state index contributed by atoms with van der Waals surface area (Å²) in [7, 11) is -4.04. The molecule has 26 heavy (non-hydrogen) atoms. The van der Waals surface area contributed by atoms with E-state index in [0.717, 1.165) is 0 Å². The maximum Gasteiger partial charge on any atom is 0.372 e. The lowest BCUT2D eigenvalue weighted by Crippen LogP contribution is -2.45. The molecule has 2 N–H and O–H groups in total. The predicted molar refractivity (Wildman–Crippen MR) is 92.7 cm³/mol. The van der Waals surface area contributed by atoms with Crippen LogP contribution < -0.4 is 10.4 Å². The zero-order chi connectivity index (χ0) is 19.2. The molecule has 0 fully saturated rings. The minimum absolute atomic E-state index is 0.0379. The van der Waals surface area contributed by atoms with E-state index in [1.54, 1.807) is 43.5 Å². The number of benzene rings is 1. The van der Waals surface area contributed by atoms with E-state index >= 15 is 0 Å². The Morgan fingerprint density at radius 1 is 1.15 bits per heavy atom. The van der Waals surface area contributed by atoms with Gasteiger partial charge in [-0.2, -0.15) is 8.98 Å². The first kappa shape index (κ1) is 19.5. The van der Waals surface area contributed by atoms with Gasteiger partial charge in [0.25, 0.3) is 15.9 Å². The summed E-state index contributed by atoms with van der Waals surface area (Å²) in [6, 6.07) is 11.4. The molecule has 1 amide bonds. The number of amides is 1. The summed E-state index contributed by atoms with van der Waals surface area (Å²) in [6.45, 7) is 1.83. The molecule has 9 heteroatoms. The third-order valence-electron chi connectivity index (χ3n) is 3.41. The monoisotopic (exact) mass is 378 g/mol. The summed E-state index contributed by atoms with van der Waals surface area (Å²) in [5.74, 6) is 3.81. The fourth-order valence-corrected chi connectivity index (χ4v) is 3.32. The first-order valence-corrected chi connectivity index (χ1v) is 9.45. The molecule has 0 bridgehead atoms. The topological polar surface area (TPSA) is 111 Å². The van der Waals surface area contributed by atoms with Crippen LogP contribution in [0.1, 0.15) is 22.8 Å². The second-order valence-electron chi connectivity index (χ2n) is 5.41. The number of esters is 1. The smallest absolute Gasteiger partial charge is 0.372 e. The van der Waals surface area contributed by atoms with Gasteiger partial charge in [-0.3, -0.25) is 4.79 Å². The number of aromatic nitrogens is 1. The summed E-state index contributed by atoms with van der Waals surface area (Å²) in [4.78, 5) is 24.0. The van der Waals surface area contributed by atoms with E-state index in [1.165, 1.54) is 22.9 Å². The third-order valence-corrected chi connectivity index (χ3v) is 4.88. The molecular weight excluding hydrogens is 358 g/mol. The highest BCUT2D eigenvalue weighted by molar-refractivity contribution is 7.88. The van der Waals surface area contributed by atoms with Crippen LogP contribution in [0.5, 0.6) is 0 Å². The van der Waals surface area contributed by atoms with Gasteiger partial charge < -0.3 is 4.74 Å².